The topological polar surface area (TPSA) is 57.5 Å². The number of hydrogen-bond donors (Lipinski definition) is 2. The van der Waals surface area contributed by atoms with E-state index in [2.05, 4.69) is 0 Å². The summed E-state index contributed by atoms with van der Waals surface area (Å²) in [7, 11) is 0. The average Bonchev–Trinajstić information content (AvgIpc) is 2.49. The molecule has 0 heterocycles. The number of benzene rings is 1. The van der Waals surface area contributed by atoms with Gasteiger partial charge in [0, 0.05) is 11.3 Å². The first kappa shape index (κ1) is 15.5. The number of ketones is 1. The van der Waals surface area contributed by atoms with E-state index in [0.29, 0.717) is 0 Å². The first-order valence-corrected chi connectivity index (χ1v) is 8.04. The Bertz CT molecular complexity index is 427. The zero-order valence-corrected chi connectivity index (χ0v) is 12.4. The lowest BCUT2D eigenvalue weighted by atomic mass is 9.83. The van der Waals surface area contributed by atoms with Gasteiger partial charge < -0.3 is 10.2 Å². The van der Waals surface area contributed by atoms with Gasteiger partial charge in [-0.05, 0) is 25.0 Å². The third-order valence-electron chi connectivity index (χ3n) is 3.86. The van der Waals surface area contributed by atoms with Crippen molar-refractivity contribution in [1.29, 1.82) is 0 Å². The Morgan fingerprint density at radius 1 is 1.20 bits per heavy atom. The number of aliphatic hydroxyl groups excluding tert-OH is 2. The van der Waals surface area contributed by atoms with Crippen LogP contribution < -0.4 is 0 Å². The second-order valence-electron chi connectivity index (χ2n) is 5.43. The Kier molecular flexibility index (Phi) is 5.64. The molecule has 0 saturated heterocycles. The molecule has 0 amide bonds. The summed E-state index contributed by atoms with van der Waals surface area (Å²) in [4.78, 5) is 13.7. The predicted octanol–water partition coefficient (Wildman–Crippen LogP) is 2.79. The van der Waals surface area contributed by atoms with Crippen LogP contribution in [0.15, 0.2) is 35.2 Å². The number of Topliss-reactive ketones (excluding diaryl/α,β-unsaturated/α-hetero) is 1. The van der Waals surface area contributed by atoms with E-state index in [1.807, 2.05) is 30.3 Å². The maximum Gasteiger partial charge on any atom is 0.151 e. The van der Waals surface area contributed by atoms with Crippen molar-refractivity contribution < 1.29 is 15.0 Å². The smallest absolute Gasteiger partial charge is 0.151 e. The van der Waals surface area contributed by atoms with Crippen molar-refractivity contribution in [2.75, 3.05) is 6.61 Å². The fraction of sp³-hybridized carbons (Fsp3) is 0.562. The summed E-state index contributed by atoms with van der Waals surface area (Å²) in [5.74, 6) is 0.0765. The molecule has 1 unspecified atom stereocenters. The van der Waals surface area contributed by atoms with Crippen molar-refractivity contribution in [2.24, 2.45) is 0 Å². The molecule has 0 radical (unpaired) electrons. The minimum absolute atomic E-state index is 0.0519. The second-order valence-corrected chi connectivity index (χ2v) is 6.89. The number of thioether (sulfide) groups is 1. The molecule has 1 aliphatic rings. The van der Waals surface area contributed by atoms with Crippen LogP contribution in [0.3, 0.4) is 0 Å². The molecule has 1 aromatic carbocycles. The van der Waals surface area contributed by atoms with Gasteiger partial charge >= 0.3 is 0 Å². The zero-order chi connectivity index (χ0) is 14.4. The molecular weight excluding hydrogens is 272 g/mol. The van der Waals surface area contributed by atoms with E-state index in [1.165, 1.54) is 6.42 Å². The Balaban J connectivity index is 2.14. The fourth-order valence-electron chi connectivity index (χ4n) is 2.74. The van der Waals surface area contributed by atoms with Gasteiger partial charge in [-0.1, -0.05) is 37.5 Å². The normalized spacial score (nSPS) is 19.5. The van der Waals surface area contributed by atoms with Gasteiger partial charge in [-0.3, -0.25) is 4.79 Å². The molecule has 0 bridgehead atoms. The first-order valence-electron chi connectivity index (χ1n) is 7.22. The number of aliphatic hydroxyl groups is 2. The molecule has 1 aromatic rings. The van der Waals surface area contributed by atoms with E-state index in [9.17, 15) is 9.90 Å². The molecule has 1 saturated carbocycles. The molecule has 0 aliphatic heterocycles. The molecule has 2 rings (SSSR count). The molecule has 20 heavy (non-hydrogen) atoms. The van der Waals surface area contributed by atoms with Crippen molar-refractivity contribution >= 4 is 17.5 Å². The van der Waals surface area contributed by atoms with Gasteiger partial charge in [0.25, 0.3) is 0 Å². The summed E-state index contributed by atoms with van der Waals surface area (Å²) < 4.78 is -0.421. The number of carbonyl (C=O) groups is 1. The highest BCUT2D eigenvalue weighted by Crippen LogP contribution is 2.45. The summed E-state index contributed by atoms with van der Waals surface area (Å²) in [5.41, 5.74) is 0. The molecule has 1 fully saturated rings. The summed E-state index contributed by atoms with van der Waals surface area (Å²) in [5, 5.41) is 18.5. The molecular formula is C16H22O3S. The van der Waals surface area contributed by atoms with Gasteiger partial charge in [0.15, 0.2) is 5.78 Å². The zero-order valence-electron chi connectivity index (χ0n) is 11.6. The maximum atomic E-state index is 12.6. The highest BCUT2D eigenvalue weighted by Gasteiger charge is 2.40. The van der Waals surface area contributed by atoms with Crippen LogP contribution in [0.25, 0.3) is 0 Å². The lowest BCUT2D eigenvalue weighted by Crippen LogP contribution is -2.39. The molecule has 0 aromatic heterocycles. The summed E-state index contributed by atoms with van der Waals surface area (Å²) in [6.07, 6.45) is 4.13. The quantitative estimate of drug-likeness (QED) is 0.847. The van der Waals surface area contributed by atoms with Crippen LogP contribution in [0.2, 0.25) is 0 Å². The Morgan fingerprint density at radius 3 is 2.45 bits per heavy atom. The number of carbonyl (C=O) groups excluding carboxylic acids is 1. The van der Waals surface area contributed by atoms with Crippen LogP contribution >= 0.6 is 11.8 Å². The number of hydrogen-bond acceptors (Lipinski definition) is 4. The monoisotopic (exact) mass is 294 g/mol. The van der Waals surface area contributed by atoms with Crippen LogP contribution in [0.5, 0.6) is 0 Å². The van der Waals surface area contributed by atoms with E-state index in [-0.39, 0.29) is 18.8 Å². The fourth-order valence-corrected chi connectivity index (χ4v) is 4.17. The minimum atomic E-state index is -0.933. The van der Waals surface area contributed by atoms with Crippen molar-refractivity contribution in [3.05, 3.63) is 30.3 Å². The van der Waals surface area contributed by atoms with Crippen molar-refractivity contribution in [3.8, 4) is 0 Å². The SMILES string of the molecule is O=C(CC(O)CO)C1(Sc2ccccc2)CCCCC1. The van der Waals surface area contributed by atoms with Crippen LogP contribution in [0.1, 0.15) is 38.5 Å². The lowest BCUT2D eigenvalue weighted by molar-refractivity contribution is -0.124. The van der Waals surface area contributed by atoms with Crippen molar-refractivity contribution in [1.82, 2.24) is 0 Å². The van der Waals surface area contributed by atoms with Gasteiger partial charge in [-0.2, -0.15) is 0 Å². The molecule has 2 N–H and O–H groups in total. The summed E-state index contributed by atoms with van der Waals surface area (Å²) in [6.45, 7) is -0.349. The lowest BCUT2D eigenvalue weighted by Gasteiger charge is -2.35. The second kappa shape index (κ2) is 7.25. The average molecular weight is 294 g/mol. The van der Waals surface area contributed by atoms with E-state index in [4.69, 9.17) is 5.11 Å². The summed E-state index contributed by atoms with van der Waals surface area (Å²) >= 11 is 1.63. The van der Waals surface area contributed by atoms with Gasteiger partial charge in [-0.25, -0.2) is 0 Å². The van der Waals surface area contributed by atoms with Crippen LogP contribution in [-0.4, -0.2) is 33.5 Å². The molecule has 110 valence electrons. The van der Waals surface area contributed by atoms with Crippen molar-refractivity contribution in [2.45, 2.75) is 54.3 Å². The predicted molar refractivity (Wildman–Crippen MR) is 80.8 cm³/mol. The minimum Gasteiger partial charge on any atom is -0.394 e. The van der Waals surface area contributed by atoms with E-state index in [0.717, 1.165) is 30.6 Å². The largest absolute Gasteiger partial charge is 0.394 e. The van der Waals surface area contributed by atoms with Crippen molar-refractivity contribution in [3.63, 3.8) is 0 Å². The van der Waals surface area contributed by atoms with Gasteiger partial charge in [0.05, 0.1) is 17.5 Å². The molecule has 0 spiro atoms. The Hall–Kier alpha value is -0.840. The third-order valence-corrected chi connectivity index (χ3v) is 5.39. The molecule has 3 nitrogen and oxygen atoms in total. The van der Waals surface area contributed by atoms with E-state index >= 15 is 0 Å². The highest BCUT2D eigenvalue weighted by molar-refractivity contribution is 8.01. The van der Waals surface area contributed by atoms with Crippen LogP contribution in [0.4, 0.5) is 0 Å². The Morgan fingerprint density at radius 2 is 1.85 bits per heavy atom. The summed E-state index contributed by atoms with van der Waals surface area (Å²) in [6, 6.07) is 9.97. The molecule has 1 atom stereocenters. The standard InChI is InChI=1S/C16H22O3S/c17-12-13(18)11-15(19)16(9-5-2-6-10-16)20-14-7-3-1-4-8-14/h1,3-4,7-8,13,17-18H,2,5-6,9-12H2. The third kappa shape index (κ3) is 3.84. The number of rotatable bonds is 6. The molecule has 4 heteroatoms. The van der Waals surface area contributed by atoms with Crippen LogP contribution in [-0.2, 0) is 4.79 Å². The first-order chi connectivity index (χ1) is 9.66. The highest BCUT2D eigenvalue weighted by atomic mass is 32.2. The Labute approximate surface area is 124 Å². The van der Waals surface area contributed by atoms with Gasteiger partial charge in [-0.15, -0.1) is 11.8 Å². The van der Waals surface area contributed by atoms with E-state index in [1.54, 1.807) is 11.8 Å². The molecule has 1 aliphatic carbocycles. The van der Waals surface area contributed by atoms with Crippen LogP contribution in [0, 0.1) is 0 Å². The van der Waals surface area contributed by atoms with Gasteiger partial charge in [0.2, 0.25) is 0 Å². The van der Waals surface area contributed by atoms with Gasteiger partial charge in [0.1, 0.15) is 0 Å². The van der Waals surface area contributed by atoms with E-state index < -0.39 is 10.9 Å². The maximum absolute atomic E-state index is 12.6.